The van der Waals surface area contributed by atoms with Crippen molar-refractivity contribution in [3.05, 3.63) is 80.8 Å². The summed E-state index contributed by atoms with van der Waals surface area (Å²) >= 11 is 5.93. The van der Waals surface area contributed by atoms with Crippen LogP contribution in [0.1, 0.15) is 28.8 Å². The van der Waals surface area contributed by atoms with Crippen LogP contribution < -0.4 is 14.8 Å². The summed E-state index contributed by atoms with van der Waals surface area (Å²) in [6.45, 7) is 4.12. The quantitative estimate of drug-likeness (QED) is 0.380. The van der Waals surface area contributed by atoms with Crippen molar-refractivity contribution in [2.24, 2.45) is 0 Å². The van der Waals surface area contributed by atoms with Gasteiger partial charge in [0.15, 0.2) is 5.76 Å². The number of nitrogens with zero attached hydrogens (tertiary/aromatic N) is 1. The molecule has 3 aromatic rings. The number of amides is 1. The number of aryl methyl sites for hydroxylation is 1. The molecule has 0 radical (unpaired) electrons. The van der Waals surface area contributed by atoms with Gasteiger partial charge in [-0.05, 0) is 61.9 Å². The highest BCUT2D eigenvalue weighted by atomic mass is 35.5. The molecule has 0 bridgehead atoms. The molecule has 2 aromatic carbocycles. The van der Waals surface area contributed by atoms with Crippen LogP contribution in [0.2, 0.25) is 5.02 Å². The van der Waals surface area contributed by atoms with Gasteiger partial charge >= 0.3 is 0 Å². The molecule has 156 valence electrons. The maximum Gasteiger partial charge on any atom is 0.296 e. The van der Waals surface area contributed by atoms with Gasteiger partial charge < -0.3 is 19.2 Å². The normalized spacial score (nSPS) is 10.5. The maximum absolute atomic E-state index is 12.5. The first kappa shape index (κ1) is 21.2. The number of nitrogens with one attached hydrogen (secondary N) is 1. The molecular weight excluding hydrogens is 412 g/mol. The van der Waals surface area contributed by atoms with Crippen molar-refractivity contribution in [2.75, 3.05) is 11.9 Å². The molecule has 0 saturated carbocycles. The largest absolute Gasteiger partial charge is 0.494 e. The summed E-state index contributed by atoms with van der Waals surface area (Å²) in [5, 5.41) is 14.4. The molecule has 30 heavy (non-hydrogen) atoms. The number of hydrogen-bond donors (Lipinski definition) is 1. The molecule has 0 unspecified atom stereocenters. The number of nitro groups is 1. The second-order valence-corrected chi connectivity index (χ2v) is 6.72. The fourth-order valence-electron chi connectivity index (χ4n) is 2.71. The molecule has 1 heterocycles. The van der Waals surface area contributed by atoms with Crippen LogP contribution in [0.25, 0.3) is 0 Å². The fourth-order valence-corrected chi connectivity index (χ4v) is 2.94. The van der Waals surface area contributed by atoms with E-state index in [0.29, 0.717) is 28.9 Å². The molecule has 0 spiro atoms. The van der Waals surface area contributed by atoms with Crippen molar-refractivity contribution >= 4 is 28.9 Å². The minimum Gasteiger partial charge on any atom is -0.494 e. The summed E-state index contributed by atoms with van der Waals surface area (Å²) in [5.41, 5.74) is 0.636. The number of carbonyl (C=O) groups excluding carboxylic acids is 1. The number of nitro benzene ring substituents is 1. The first-order valence-electron chi connectivity index (χ1n) is 9.07. The van der Waals surface area contributed by atoms with Gasteiger partial charge in [0.1, 0.15) is 29.6 Å². The third kappa shape index (κ3) is 5.09. The van der Waals surface area contributed by atoms with E-state index in [9.17, 15) is 14.9 Å². The molecule has 0 atom stereocenters. The van der Waals surface area contributed by atoms with Crippen molar-refractivity contribution in [3.8, 4) is 11.5 Å². The van der Waals surface area contributed by atoms with Crippen LogP contribution >= 0.6 is 11.6 Å². The van der Waals surface area contributed by atoms with Gasteiger partial charge in [-0.15, -0.1) is 0 Å². The van der Waals surface area contributed by atoms with Crippen LogP contribution in [0.5, 0.6) is 11.5 Å². The number of ether oxygens (including phenoxy) is 2. The molecule has 0 aliphatic carbocycles. The Morgan fingerprint density at radius 3 is 2.67 bits per heavy atom. The second-order valence-electron chi connectivity index (χ2n) is 6.29. The molecule has 0 aliphatic heterocycles. The summed E-state index contributed by atoms with van der Waals surface area (Å²) in [4.78, 5) is 23.2. The van der Waals surface area contributed by atoms with E-state index in [-0.39, 0.29) is 23.7 Å². The van der Waals surface area contributed by atoms with Gasteiger partial charge in [0.25, 0.3) is 11.6 Å². The van der Waals surface area contributed by atoms with Crippen LogP contribution in [0, 0.1) is 17.0 Å². The summed E-state index contributed by atoms with van der Waals surface area (Å²) in [6.07, 6.45) is 0. The smallest absolute Gasteiger partial charge is 0.296 e. The molecule has 0 saturated heterocycles. The Hall–Kier alpha value is -3.52. The van der Waals surface area contributed by atoms with Crippen molar-refractivity contribution in [1.29, 1.82) is 0 Å². The summed E-state index contributed by atoms with van der Waals surface area (Å²) in [6, 6.07) is 12.5. The van der Waals surface area contributed by atoms with Crippen LogP contribution in [0.15, 0.2) is 52.9 Å². The molecule has 8 nitrogen and oxygen atoms in total. The highest BCUT2D eigenvalue weighted by Gasteiger charge is 2.20. The average molecular weight is 431 g/mol. The Balaban J connectivity index is 1.68. The minimum atomic E-state index is -0.615. The standard InChI is InChI=1S/C21H19ClN2O6/c1-3-28-15-5-7-17(18(11-15)24(26)27)23-21(25)20-9-6-16(30-20)12-29-19-8-4-14(22)10-13(19)2/h4-11H,3,12H2,1-2H3,(H,23,25). The lowest BCUT2D eigenvalue weighted by Crippen LogP contribution is -2.12. The molecule has 0 fully saturated rings. The highest BCUT2D eigenvalue weighted by molar-refractivity contribution is 6.30. The number of halogens is 1. The summed E-state index contributed by atoms with van der Waals surface area (Å²) < 4.78 is 16.5. The van der Waals surface area contributed by atoms with Crippen LogP contribution in [-0.2, 0) is 6.61 Å². The van der Waals surface area contributed by atoms with Crippen LogP contribution in [0.3, 0.4) is 0 Å². The molecule has 9 heteroatoms. The molecule has 1 N–H and O–H groups in total. The van der Waals surface area contributed by atoms with E-state index in [4.69, 9.17) is 25.5 Å². The zero-order valence-corrected chi connectivity index (χ0v) is 17.1. The molecule has 3 rings (SSSR count). The van der Waals surface area contributed by atoms with Crippen LogP contribution in [-0.4, -0.2) is 17.4 Å². The predicted octanol–water partition coefficient (Wildman–Crippen LogP) is 5.38. The highest BCUT2D eigenvalue weighted by Crippen LogP contribution is 2.30. The van der Waals surface area contributed by atoms with E-state index in [0.717, 1.165) is 5.56 Å². The van der Waals surface area contributed by atoms with E-state index in [2.05, 4.69) is 5.32 Å². The number of carbonyl (C=O) groups is 1. The lowest BCUT2D eigenvalue weighted by Gasteiger charge is -2.08. The Labute approximate surface area is 177 Å². The number of hydrogen-bond acceptors (Lipinski definition) is 6. The van der Waals surface area contributed by atoms with E-state index >= 15 is 0 Å². The third-order valence-corrected chi connectivity index (χ3v) is 4.35. The number of anilines is 1. The SMILES string of the molecule is CCOc1ccc(NC(=O)c2ccc(COc3ccc(Cl)cc3C)o2)c([N+](=O)[O-])c1. The first-order chi connectivity index (χ1) is 14.4. The third-order valence-electron chi connectivity index (χ3n) is 4.12. The fraction of sp³-hybridized carbons (Fsp3) is 0.190. The van der Waals surface area contributed by atoms with E-state index in [1.165, 1.54) is 18.2 Å². The van der Waals surface area contributed by atoms with Gasteiger partial charge in [-0.1, -0.05) is 11.6 Å². The van der Waals surface area contributed by atoms with Gasteiger partial charge in [-0.3, -0.25) is 14.9 Å². The summed E-state index contributed by atoms with van der Waals surface area (Å²) in [5.74, 6) is 0.806. The van der Waals surface area contributed by atoms with Gasteiger partial charge in [0.2, 0.25) is 0 Å². The van der Waals surface area contributed by atoms with Gasteiger partial charge in [-0.25, -0.2) is 0 Å². The number of benzene rings is 2. The van der Waals surface area contributed by atoms with Gasteiger partial charge in [0.05, 0.1) is 17.6 Å². The Morgan fingerprint density at radius 1 is 1.17 bits per heavy atom. The Morgan fingerprint density at radius 2 is 1.97 bits per heavy atom. The Bertz CT molecular complexity index is 1080. The van der Waals surface area contributed by atoms with E-state index in [1.807, 2.05) is 6.92 Å². The summed E-state index contributed by atoms with van der Waals surface area (Å²) in [7, 11) is 0. The predicted molar refractivity (Wildman–Crippen MR) is 111 cm³/mol. The second kappa shape index (κ2) is 9.32. The van der Waals surface area contributed by atoms with Crippen molar-refractivity contribution in [2.45, 2.75) is 20.5 Å². The molecule has 1 amide bonds. The topological polar surface area (TPSA) is 104 Å². The van der Waals surface area contributed by atoms with E-state index in [1.54, 1.807) is 37.3 Å². The van der Waals surface area contributed by atoms with E-state index < -0.39 is 10.8 Å². The zero-order valence-electron chi connectivity index (χ0n) is 16.3. The average Bonchev–Trinajstić information content (AvgIpc) is 3.18. The lowest BCUT2D eigenvalue weighted by molar-refractivity contribution is -0.384. The first-order valence-corrected chi connectivity index (χ1v) is 9.45. The number of furan rings is 1. The molecule has 1 aromatic heterocycles. The lowest BCUT2D eigenvalue weighted by atomic mass is 10.2. The van der Waals surface area contributed by atoms with Gasteiger partial charge in [0, 0.05) is 5.02 Å². The van der Waals surface area contributed by atoms with Crippen molar-refractivity contribution in [3.63, 3.8) is 0 Å². The maximum atomic E-state index is 12.5. The number of rotatable bonds is 8. The van der Waals surface area contributed by atoms with Crippen LogP contribution in [0.4, 0.5) is 11.4 Å². The van der Waals surface area contributed by atoms with Crippen molar-refractivity contribution in [1.82, 2.24) is 0 Å². The van der Waals surface area contributed by atoms with Gasteiger partial charge in [-0.2, -0.15) is 0 Å². The molecule has 0 aliphatic rings. The molecular formula is C21H19ClN2O6. The van der Waals surface area contributed by atoms with Crippen molar-refractivity contribution < 1.29 is 23.6 Å². The Kier molecular flexibility index (Phi) is 6.58. The monoisotopic (exact) mass is 430 g/mol. The minimum absolute atomic E-state index is 0.00427. The zero-order chi connectivity index (χ0) is 21.7.